The number of alkyl halides is 3. The lowest BCUT2D eigenvalue weighted by Gasteiger charge is -2.35. The topological polar surface area (TPSA) is 18.5 Å². The summed E-state index contributed by atoms with van der Waals surface area (Å²) >= 11 is 0. The summed E-state index contributed by atoms with van der Waals surface area (Å²) in [5, 5.41) is 0. The highest BCUT2D eigenvalue weighted by Crippen LogP contribution is 2.32. The third-order valence-corrected chi connectivity index (χ3v) is 5.52. The molecule has 0 aliphatic carbocycles. The Hall–Kier alpha value is -1.07. The normalized spacial score (nSPS) is 13.7. The monoisotopic (exact) mass is 388 g/mol. The molecule has 0 N–H and O–H groups in total. The number of unbranched alkanes of at least 4 members (excludes halogenated alkanes) is 5. The predicted octanol–water partition coefficient (Wildman–Crippen LogP) is 7.01. The molecule has 27 heavy (non-hydrogen) atoms. The van der Waals surface area contributed by atoms with Crippen molar-refractivity contribution in [1.29, 1.82) is 0 Å². The Balaban J connectivity index is 2.62. The SMILES string of the molecule is CCCCCCCCC(CCc1ccc(C(F)(F)F)cc1)C(C)(OC)OC. The predicted molar refractivity (Wildman–Crippen MR) is 104 cm³/mol. The standard InChI is InChI=1S/C22H35F3O2/c1-5-6-7-8-9-10-11-19(21(2,26-3)27-4)15-12-18-13-16-20(17-14-18)22(23,24)25/h13-14,16-17,19H,5-12,15H2,1-4H3. The number of hydrogen-bond donors (Lipinski definition) is 0. The number of halogens is 3. The molecule has 156 valence electrons. The second kappa shape index (κ2) is 11.7. The number of aryl methyl sites for hydroxylation is 1. The van der Waals surface area contributed by atoms with Gasteiger partial charge in [-0.15, -0.1) is 0 Å². The zero-order valence-electron chi connectivity index (χ0n) is 17.2. The highest BCUT2D eigenvalue weighted by Gasteiger charge is 2.34. The van der Waals surface area contributed by atoms with Crippen molar-refractivity contribution in [1.82, 2.24) is 0 Å². The summed E-state index contributed by atoms with van der Waals surface area (Å²) in [6.07, 6.45) is 5.58. The van der Waals surface area contributed by atoms with Gasteiger partial charge in [0, 0.05) is 20.1 Å². The van der Waals surface area contributed by atoms with Crippen LogP contribution in [0.5, 0.6) is 0 Å². The van der Waals surface area contributed by atoms with E-state index in [1.807, 2.05) is 6.92 Å². The Labute approximate surface area is 162 Å². The van der Waals surface area contributed by atoms with Crippen LogP contribution in [0.1, 0.15) is 76.3 Å². The average molecular weight is 389 g/mol. The minimum atomic E-state index is -4.29. The van der Waals surface area contributed by atoms with Crippen molar-refractivity contribution in [2.24, 2.45) is 5.92 Å². The Bertz CT molecular complexity index is 507. The fourth-order valence-corrected chi connectivity index (χ4v) is 3.46. The van der Waals surface area contributed by atoms with E-state index in [4.69, 9.17) is 9.47 Å². The first-order chi connectivity index (χ1) is 12.8. The van der Waals surface area contributed by atoms with E-state index in [1.165, 1.54) is 32.1 Å². The van der Waals surface area contributed by atoms with E-state index >= 15 is 0 Å². The third-order valence-electron chi connectivity index (χ3n) is 5.52. The molecule has 5 heteroatoms. The molecule has 0 saturated heterocycles. The van der Waals surface area contributed by atoms with Gasteiger partial charge in [-0.3, -0.25) is 0 Å². The molecule has 1 aromatic rings. The third kappa shape index (κ3) is 8.22. The van der Waals surface area contributed by atoms with Gasteiger partial charge in [-0.1, -0.05) is 57.6 Å². The van der Waals surface area contributed by atoms with Crippen molar-refractivity contribution in [2.45, 2.75) is 83.6 Å². The molecule has 0 radical (unpaired) electrons. The highest BCUT2D eigenvalue weighted by atomic mass is 19.4. The van der Waals surface area contributed by atoms with Gasteiger partial charge in [0.2, 0.25) is 0 Å². The Morgan fingerprint density at radius 1 is 0.852 bits per heavy atom. The van der Waals surface area contributed by atoms with Crippen LogP contribution in [0.15, 0.2) is 24.3 Å². The lowest BCUT2D eigenvalue weighted by Crippen LogP contribution is -2.39. The van der Waals surface area contributed by atoms with E-state index in [2.05, 4.69) is 6.92 Å². The van der Waals surface area contributed by atoms with Crippen LogP contribution in [0.2, 0.25) is 0 Å². The van der Waals surface area contributed by atoms with Crippen LogP contribution in [-0.2, 0) is 22.1 Å². The van der Waals surface area contributed by atoms with Crippen LogP contribution in [0, 0.1) is 5.92 Å². The lowest BCUT2D eigenvalue weighted by atomic mass is 9.87. The second-order valence-electron chi connectivity index (χ2n) is 7.41. The smallest absolute Gasteiger partial charge is 0.353 e. The Morgan fingerprint density at radius 3 is 1.93 bits per heavy atom. The van der Waals surface area contributed by atoms with Gasteiger partial charge in [-0.25, -0.2) is 0 Å². The molecule has 0 bridgehead atoms. The molecule has 0 aliphatic rings. The maximum absolute atomic E-state index is 12.7. The van der Waals surface area contributed by atoms with Gasteiger partial charge in [-0.05, 0) is 43.9 Å². The van der Waals surface area contributed by atoms with Crippen LogP contribution in [-0.4, -0.2) is 20.0 Å². The van der Waals surface area contributed by atoms with E-state index in [-0.39, 0.29) is 5.92 Å². The minimum Gasteiger partial charge on any atom is -0.353 e. The van der Waals surface area contributed by atoms with E-state index in [1.54, 1.807) is 26.4 Å². The lowest BCUT2D eigenvalue weighted by molar-refractivity contribution is -0.229. The van der Waals surface area contributed by atoms with Crippen molar-refractivity contribution in [3.63, 3.8) is 0 Å². The maximum Gasteiger partial charge on any atom is 0.416 e. The van der Waals surface area contributed by atoms with E-state index in [0.717, 1.165) is 37.0 Å². The molecule has 1 aromatic carbocycles. The molecule has 0 heterocycles. The van der Waals surface area contributed by atoms with Crippen molar-refractivity contribution in [3.05, 3.63) is 35.4 Å². The fourth-order valence-electron chi connectivity index (χ4n) is 3.46. The fraction of sp³-hybridized carbons (Fsp3) is 0.727. The van der Waals surface area contributed by atoms with Crippen molar-refractivity contribution >= 4 is 0 Å². The van der Waals surface area contributed by atoms with Gasteiger partial charge in [0.05, 0.1) is 5.56 Å². The molecule has 0 saturated carbocycles. The number of hydrogen-bond acceptors (Lipinski definition) is 2. The van der Waals surface area contributed by atoms with Crippen LogP contribution in [0.25, 0.3) is 0 Å². The zero-order chi connectivity index (χ0) is 20.3. The summed E-state index contributed by atoms with van der Waals surface area (Å²) < 4.78 is 49.3. The minimum absolute atomic E-state index is 0.195. The highest BCUT2D eigenvalue weighted by molar-refractivity contribution is 5.24. The average Bonchev–Trinajstić information content (AvgIpc) is 2.65. The van der Waals surface area contributed by atoms with E-state index < -0.39 is 17.5 Å². The molecule has 0 fully saturated rings. The van der Waals surface area contributed by atoms with Gasteiger partial charge < -0.3 is 9.47 Å². The molecule has 0 aliphatic heterocycles. The molecule has 1 rings (SSSR count). The van der Waals surface area contributed by atoms with Gasteiger partial charge in [0.15, 0.2) is 5.79 Å². The number of rotatable bonds is 13. The van der Waals surface area contributed by atoms with E-state index in [9.17, 15) is 13.2 Å². The van der Waals surface area contributed by atoms with Crippen LogP contribution < -0.4 is 0 Å². The van der Waals surface area contributed by atoms with Gasteiger partial charge >= 0.3 is 6.18 Å². The maximum atomic E-state index is 12.7. The van der Waals surface area contributed by atoms with Crippen molar-refractivity contribution in [3.8, 4) is 0 Å². The molecule has 2 nitrogen and oxygen atoms in total. The second-order valence-corrected chi connectivity index (χ2v) is 7.41. The van der Waals surface area contributed by atoms with Crippen LogP contribution >= 0.6 is 0 Å². The molecular weight excluding hydrogens is 353 g/mol. The van der Waals surface area contributed by atoms with Crippen molar-refractivity contribution in [2.75, 3.05) is 14.2 Å². The van der Waals surface area contributed by atoms with Crippen LogP contribution in [0.3, 0.4) is 0 Å². The quantitative estimate of drug-likeness (QED) is 0.267. The van der Waals surface area contributed by atoms with Gasteiger partial charge in [0.1, 0.15) is 0 Å². The Morgan fingerprint density at radius 2 is 1.41 bits per heavy atom. The number of ether oxygens (including phenoxy) is 2. The molecule has 1 unspecified atom stereocenters. The van der Waals surface area contributed by atoms with Crippen LogP contribution in [0.4, 0.5) is 13.2 Å². The summed E-state index contributed by atoms with van der Waals surface area (Å²) in [5.41, 5.74) is 0.305. The largest absolute Gasteiger partial charge is 0.416 e. The summed E-state index contributed by atoms with van der Waals surface area (Å²) in [6.45, 7) is 4.15. The van der Waals surface area contributed by atoms with Gasteiger partial charge in [0.25, 0.3) is 0 Å². The molecule has 0 amide bonds. The first-order valence-electron chi connectivity index (χ1n) is 10.0. The van der Waals surface area contributed by atoms with E-state index in [0.29, 0.717) is 6.42 Å². The molecule has 0 spiro atoms. The first kappa shape index (κ1) is 24.0. The molecular formula is C22H35F3O2. The number of methoxy groups -OCH3 is 2. The summed E-state index contributed by atoms with van der Waals surface area (Å²) in [6, 6.07) is 5.46. The summed E-state index contributed by atoms with van der Waals surface area (Å²) in [7, 11) is 3.30. The van der Waals surface area contributed by atoms with Gasteiger partial charge in [-0.2, -0.15) is 13.2 Å². The molecule has 0 aromatic heterocycles. The number of benzene rings is 1. The summed E-state index contributed by atoms with van der Waals surface area (Å²) in [4.78, 5) is 0. The van der Waals surface area contributed by atoms with Crippen molar-refractivity contribution < 1.29 is 22.6 Å². The summed E-state index contributed by atoms with van der Waals surface area (Å²) in [5.74, 6) is -0.476. The Kier molecular flexibility index (Phi) is 10.4. The zero-order valence-corrected chi connectivity index (χ0v) is 17.2. The first-order valence-corrected chi connectivity index (χ1v) is 10.0. The molecule has 1 atom stereocenters.